The Morgan fingerprint density at radius 1 is 1.19 bits per heavy atom. The number of piperazine rings is 1. The number of thioether (sulfide) groups is 1. The van der Waals surface area contributed by atoms with Gasteiger partial charge in [0.1, 0.15) is 0 Å². The van der Waals surface area contributed by atoms with E-state index < -0.39 is 0 Å². The first-order valence-electron chi connectivity index (χ1n) is 7.85. The summed E-state index contributed by atoms with van der Waals surface area (Å²) in [5.41, 5.74) is 0. The summed E-state index contributed by atoms with van der Waals surface area (Å²) in [6, 6.07) is 0. The molecule has 0 bridgehead atoms. The van der Waals surface area contributed by atoms with Gasteiger partial charge < -0.3 is 10.2 Å². The van der Waals surface area contributed by atoms with Crippen LogP contribution in [0.3, 0.4) is 0 Å². The predicted octanol–water partition coefficient (Wildman–Crippen LogP) is 2.60. The third kappa shape index (κ3) is 8.50. The third-order valence-corrected chi connectivity index (χ3v) is 4.48. The number of nitrogens with one attached hydrogen (secondary N) is 1. The highest BCUT2D eigenvalue weighted by Crippen LogP contribution is 2.08. The molecule has 0 aromatic heterocycles. The highest BCUT2D eigenvalue weighted by atomic mass is 127. The minimum Gasteiger partial charge on any atom is -0.357 e. The quantitative estimate of drug-likeness (QED) is 0.400. The lowest BCUT2D eigenvalue weighted by molar-refractivity contribution is 0.164. The monoisotopic (exact) mass is 428 g/mol. The van der Waals surface area contributed by atoms with Crippen molar-refractivity contribution in [2.45, 2.75) is 32.9 Å². The van der Waals surface area contributed by atoms with Crippen LogP contribution in [0.4, 0.5) is 0 Å². The lowest BCUT2D eigenvalue weighted by atomic mass is 10.2. The fourth-order valence-electron chi connectivity index (χ4n) is 2.37. The number of guanidine groups is 1. The van der Waals surface area contributed by atoms with E-state index in [2.05, 4.69) is 49.1 Å². The van der Waals surface area contributed by atoms with Crippen LogP contribution in [0.15, 0.2) is 4.99 Å². The van der Waals surface area contributed by atoms with Crippen molar-refractivity contribution < 1.29 is 0 Å². The maximum Gasteiger partial charge on any atom is 0.194 e. The SMILES string of the molecule is CCNC(=NCC(C)SC)N1CCN(CC(C)C)CC1.I. The molecule has 1 heterocycles. The van der Waals surface area contributed by atoms with E-state index in [-0.39, 0.29) is 24.0 Å². The standard InChI is InChI=1S/C15H32N4S.HI/c1-6-16-15(17-11-14(4)20-5)19-9-7-18(8-10-19)12-13(2)3;/h13-14H,6-12H2,1-5H3,(H,16,17);1H. The molecule has 0 spiro atoms. The van der Waals surface area contributed by atoms with Crippen LogP contribution >= 0.6 is 35.7 Å². The highest BCUT2D eigenvalue weighted by Gasteiger charge is 2.19. The topological polar surface area (TPSA) is 30.9 Å². The Labute approximate surface area is 152 Å². The van der Waals surface area contributed by atoms with Crippen LogP contribution < -0.4 is 5.32 Å². The molecule has 1 N–H and O–H groups in total. The molecule has 0 amide bonds. The summed E-state index contributed by atoms with van der Waals surface area (Å²) in [5, 5.41) is 4.02. The first-order valence-corrected chi connectivity index (χ1v) is 9.14. The van der Waals surface area contributed by atoms with Crippen molar-refractivity contribution in [3.63, 3.8) is 0 Å². The molecule has 0 aliphatic carbocycles. The second-order valence-electron chi connectivity index (χ2n) is 5.92. The summed E-state index contributed by atoms with van der Waals surface area (Å²) >= 11 is 1.88. The zero-order valence-corrected chi connectivity index (χ0v) is 17.4. The molecular weight excluding hydrogens is 395 g/mol. The number of aliphatic imine (C=N–C) groups is 1. The first-order chi connectivity index (χ1) is 9.56. The van der Waals surface area contributed by atoms with Crippen LogP contribution in [0.2, 0.25) is 0 Å². The largest absolute Gasteiger partial charge is 0.357 e. The van der Waals surface area contributed by atoms with Gasteiger partial charge in [0.25, 0.3) is 0 Å². The minimum atomic E-state index is 0. The molecule has 6 heteroatoms. The number of nitrogens with zero attached hydrogens (tertiary/aromatic N) is 3. The average Bonchev–Trinajstić information content (AvgIpc) is 2.43. The number of rotatable bonds is 6. The summed E-state index contributed by atoms with van der Waals surface area (Å²) in [6.45, 7) is 16.5. The van der Waals surface area contributed by atoms with Gasteiger partial charge in [0.15, 0.2) is 5.96 Å². The predicted molar refractivity (Wildman–Crippen MR) is 107 cm³/mol. The molecule has 1 atom stereocenters. The van der Waals surface area contributed by atoms with Gasteiger partial charge in [-0.15, -0.1) is 24.0 Å². The average molecular weight is 428 g/mol. The van der Waals surface area contributed by atoms with Gasteiger partial charge in [-0.05, 0) is 19.1 Å². The van der Waals surface area contributed by atoms with Gasteiger partial charge in [0.05, 0.1) is 6.54 Å². The van der Waals surface area contributed by atoms with Crippen LogP contribution in [-0.4, -0.2) is 73.1 Å². The molecule has 1 unspecified atom stereocenters. The molecule has 126 valence electrons. The Bertz CT molecular complexity index is 291. The van der Waals surface area contributed by atoms with Crippen LogP contribution in [-0.2, 0) is 0 Å². The normalized spacial score (nSPS) is 18.6. The molecule has 1 rings (SSSR count). The molecule has 0 radical (unpaired) electrons. The Kier molecular flexibility index (Phi) is 12.0. The van der Waals surface area contributed by atoms with E-state index in [1.54, 1.807) is 0 Å². The van der Waals surface area contributed by atoms with Gasteiger partial charge in [0.2, 0.25) is 0 Å². The van der Waals surface area contributed by atoms with E-state index in [1.807, 2.05) is 11.8 Å². The van der Waals surface area contributed by atoms with E-state index in [9.17, 15) is 0 Å². The molecule has 1 fully saturated rings. The Balaban J connectivity index is 0.00000400. The maximum atomic E-state index is 4.79. The van der Waals surface area contributed by atoms with Crippen molar-refractivity contribution >= 4 is 41.7 Å². The molecule has 21 heavy (non-hydrogen) atoms. The highest BCUT2D eigenvalue weighted by molar-refractivity contribution is 14.0. The summed E-state index contributed by atoms with van der Waals surface area (Å²) < 4.78 is 0. The van der Waals surface area contributed by atoms with Crippen molar-refractivity contribution in [3.05, 3.63) is 0 Å². The zero-order valence-electron chi connectivity index (χ0n) is 14.3. The summed E-state index contributed by atoms with van der Waals surface area (Å²) in [7, 11) is 0. The number of halogens is 1. The summed E-state index contributed by atoms with van der Waals surface area (Å²) in [6.07, 6.45) is 2.15. The summed E-state index contributed by atoms with van der Waals surface area (Å²) in [4.78, 5) is 9.76. The molecule has 0 aromatic rings. The summed E-state index contributed by atoms with van der Waals surface area (Å²) in [5.74, 6) is 1.85. The Morgan fingerprint density at radius 2 is 1.81 bits per heavy atom. The molecule has 0 saturated carbocycles. The van der Waals surface area contributed by atoms with Crippen LogP contribution in [0.25, 0.3) is 0 Å². The zero-order chi connectivity index (χ0) is 15.0. The number of hydrogen-bond donors (Lipinski definition) is 1. The van der Waals surface area contributed by atoms with Crippen LogP contribution in [0.5, 0.6) is 0 Å². The van der Waals surface area contributed by atoms with E-state index in [0.717, 1.165) is 51.1 Å². The second-order valence-corrected chi connectivity index (χ2v) is 7.20. The van der Waals surface area contributed by atoms with E-state index in [1.165, 1.54) is 6.54 Å². The van der Waals surface area contributed by atoms with Crippen molar-refractivity contribution in [1.29, 1.82) is 0 Å². The van der Waals surface area contributed by atoms with Crippen molar-refractivity contribution in [2.75, 3.05) is 52.1 Å². The fraction of sp³-hybridized carbons (Fsp3) is 0.933. The van der Waals surface area contributed by atoms with Gasteiger partial charge >= 0.3 is 0 Å². The van der Waals surface area contributed by atoms with Crippen LogP contribution in [0.1, 0.15) is 27.7 Å². The number of hydrogen-bond acceptors (Lipinski definition) is 3. The lowest BCUT2D eigenvalue weighted by Crippen LogP contribution is -2.53. The van der Waals surface area contributed by atoms with Crippen LogP contribution in [0, 0.1) is 5.92 Å². The van der Waals surface area contributed by atoms with Crippen molar-refractivity contribution in [1.82, 2.24) is 15.1 Å². The van der Waals surface area contributed by atoms with E-state index >= 15 is 0 Å². The van der Waals surface area contributed by atoms with Gasteiger partial charge in [-0.2, -0.15) is 11.8 Å². The Morgan fingerprint density at radius 3 is 2.29 bits per heavy atom. The minimum absolute atomic E-state index is 0. The van der Waals surface area contributed by atoms with Gasteiger partial charge in [-0.3, -0.25) is 9.89 Å². The molecule has 4 nitrogen and oxygen atoms in total. The molecule has 1 aliphatic heterocycles. The fourth-order valence-corrected chi connectivity index (χ4v) is 2.60. The van der Waals surface area contributed by atoms with Gasteiger partial charge in [-0.25, -0.2) is 0 Å². The van der Waals surface area contributed by atoms with Crippen molar-refractivity contribution in [3.8, 4) is 0 Å². The lowest BCUT2D eigenvalue weighted by Gasteiger charge is -2.37. The van der Waals surface area contributed by atoms with Gasteiger partial charge in [-0.1, -0.05) is 20.8 Å². The van der Waals surface area contributed by atoms with Crippen molar-refractivity contribution in [2.24, 2.45) is 10.9 Å². The van der Waals surface area contributed by atoms with E-state index in [0.29, 0.717) is 5.25 Å². The van der Waals surface area contributed by atoms with Gasteiger partial charge in [0, 0.05) is 44.5 Å². The third-order valence-electron chi connectivity index (χ3n) is 3.53. The molecule has 1 aliphatic rings. The first kappa shape index (κ1) is 21.3. The molecule has 1 saturated heterocycles. The second kappa shape index (κ2) is 11.8. The molecule has 0 aromatic carbocycles. The molecular formula is C15H33IN4S. The smallest absolute Gasteiger partial charge is 0.194 e. The van der Waals surface area contributed by atoms with E-state index in [4.69, 9.17) is 4.99 Å². The Hall–Kier alpha value is 0.310. The maximum absolute atomic E-state index is 4.79.